The maximum absolute atomic E-state index is 14.5. The topological polar surface area (TPSA) is 29.5 Å². The summed E-state index contributed by atoms with van der Waals surface area (Å²) in [6.45, 7) is 4.93. The number of ether oxygens (including phenoxy) is 1. The lowest BCUT2D eigenvalue weighted by molar-refractivity contribution is 0.192. The molecule has 2 aromatic carbocycles. The fourth-order valence-electron chi connectivity index (χ4n) is 3.83. The van der Waals surface area contributed by atoms with E-state index in [1.54, 1.807) is 6.07 Å². The highest BCUT2D eigenvalue weighted by Crippen LogP contribution is 2.38. The zero-order chi connectivity index (χ0) is 22.5. The molecule has 0 bridgehead atoms. The van der Waals surface area contributed by atoms with E-state index in [0.29, 0.717) is 31.2 Å². The summed E-state index contributed by atoms with van der Waals surface area (Å²) < 4.78 is 62.0. The van der Waals surface area contributed by atoms with E-state index < -0.39 is 29.4 Å². The molecule has 1 fully saturated rings. The molecule has 2 nitrogen and oxygen atoms in total. The fraction of sp³-hybridized carbons (Fsp3) is 0.360. The third-order valence-corrected chi connectivity index (χ3v) is 5.57. The molecule has 0 aliphatic heterocycles. The molecule has 6 heteroatoms. The van der Waals surface area contributed by atoms with Gasteiger partial charge in [0, 0.05) is 11.5 Å². The molecular weight excluding hydrogens is 408 g/mol. The van der Waals surface area contributed by atoms with Crippen molar-refractivity contribution >= 4 is 0 Å². The van der Waals surface area contributed by atoms with Gasteiger partial charge in [-0.05, 0) is 56.2 Å². The predicted molar refractivity (Wildman–Crippen MR) is 111 cm³/mol. The fourth-order valence-corrected chi connectivity index (χ4v) is 3.83. The second-order valence-electron chi connectivity index (χ2n) is 7.70. The molecule has 0 spiro atoms. The summed E-state index contributed by atoms with van der Waals surface area (Å²) in [6, 6.07) is 5.66. The SMILES string of the molecule is C=CCOc1ccc(C2CCC(C#Cc3ccc(C(C)O)c(F)c3F)CC2)c(F)c1F. The highest BCUT2D eigenvalue weighted by molar-refractivity contribution is 5.40. The lowest BCUT2D eigenvalue weighted by Gasteiger charge is -2.26. The number of rotatable bonds is 5. The molecule has 164 valence electrons. The van der Waals surface area contributed by atoms with Gasteiger partial charge in [0.05, 0.1) is 11.7 Å². The smallest absolute Gasteiger partial charge is 0.200 e. The van der Waals surface area contributed by atoms with Crippen LogP contribution in [-0.4, -0.2) is 11.7 Å². The van der Waals surface area contributed by atoms with E-state index in [1.165, 1.54) is 31.2 Å². The summed E-state index contributed by atoms with van der Waals surface area (Å²) >= 11 is 0. The van der Waals surface area contributed by atoms with Gasteiger partial charge >= 0.3 is 0 Å². The largest absolute Gasteiger partial charge is 0.486 e. The van der Waals surface area contributed by atoms with Gasteiger partial charge < -0.3 is 9.84 Å². The Balaban J connectivity index is 1.67. The minimum atomic E-state index is -1.11. The van der Waals surface area contributed by atoms with Gasteiger partial charge in [-0.2, -0.15) is 4.39 Å². The Morgan fingerprint density at radius 2 is 1.74 bits per heavy atom. The second kappa shape index (κ2) is 10.0. The van der Waals surface area contributed by atoms with Gasteiger partial charge in [0.2, 0.25) is 5.82 Å². The van der Waals surface area contributed by atoms with Crippen LogP contribution in [0.3, 0.4) is 0 Å². The summed E-state index contributed by atoms with van der Waals surface area (Å²) in [5.41, 5.74) is 0.141. The molecule has 0 saturated heterocycles. The lowest BCUT2D eigenvalue weighted by atomic mass is 9.78. The van der Waals surface area contributed by atoms with Gasteiger partial charge in [-0.3, -0.25) is 0 Å². The first kappa shape index (κ1) is 22.9. The molecule has 1 unspecified atom stereocenters. The third-order valence-electron chi connectivity index (χ3n) is 5.57. The van der Waals surface area contributed by atoms with E-state index in [9.17, 15) is 22.7 Å². The zero-order valence-electron chi connectivity index (χ0n) is 17.2. The van der Waals surface area contributed by atoms with Crippen molar-refractivity contribution < 1.29 is 27.4 Å². The molecule has 0 radical (unpaired) electrons. The average molecular weight is 432 g/mol. The monoisotopic (exact) mass is 432 g/mol. The minimum Gasteiger partial charge on any atom is -0.486 e. The van der Waals surface area contributed by atoms with Gasteiger partial charge in [-0.15, -0.1) is 0 Å². The Morgan fingerprint density at radius 1 is 1.03 bits per heavy atom. The first-order chi connectivity index (χ1) is 14.8. The Labute approximate surface area is 179 Å². The molecule has 31 heavy (non-hydrogen) atoms. The van der Waals surface area contributed by atoms with Gasteiger partial charge in [-0.1, -0.05) is 36.6 Å². The predicted octanol–water partition coefficient (Wildman–Crippen LogP) is 6.19. The lowest BCUT2D eigenvalue weighted by Crippen LogP contribution is -2.14. The standard InChI is InChI=1S/C25H24F4O2/c1-3-14-31-21-13-12-20(24(28)25(21)29)17-7-4-16(5-8-17)6-9-18-10-11-19(15(2)30)23(27)22(18)26/h3,10-13,15-17,30H,1,4-5,7-8,14H2,2H3. The Morgan fingerprint density at radius 3 is 2.39 bits per heavy atom. The summed E-state index contributed by atoms with van der Waals surface area (Å²) in [7, 11) is 0. The van der Waals surface area contributed by atoms with Crippen LogP contribution in [0.15, 0.2) is 36.9 Å². The normalized spacial score (nSPS) is 19.3. The molecule has 1 aliphatic rings. The number of benzene rings is 2. The summed E-state index contributed by atoms with van der Waals surface area (Å²) in [5.74, 6) is 1.27. The quantitative estimate of drug-likeness (QED) is 0.347. The van der Waals surface area contributed by atoms with Crippen molar-refractivity contribution in [2.75, 3.05) is 6.61 Å². The molecule has 2 aromatic rings. The Hall–Kier alpha value is -2.78. The molecule has 1 aliphatic carbocycles. The number of aliphatic hydroxyl groups is 1. The summed E-state index contributed by atoms with van der Waals surface area (Å²) in [4.78, 5) is 0. The van der Waals surface area contributed by atoms with E-state index in [0.717, 1.165) is 0 Å². The highest BCUT2D eigenvalue weighted by atomic mass is 19.2. The van der Waals surface area contributed by atoms with Crippen molar-refractivity contribution in [2.24, 2.45) is 5.92 Å². The van der Waals surface area contributed by atoms with E-state index in [1.807, 2.05) is 0 Å². The molecule has 1 saturated carbocycles. The maximum atomic E-state index is 14.5. The first-order valence-electron chi connectivity index (χ1n) is 10.2. The summed E-state index contributed by atoms with van der Waals surface area (Å²) in [5, 5.41) is 9.46. The van der Waals surface area contributed by atoms with Crippen LogP contribution >= 0.6 is 0 Å². The molecular formula is C25H24F4O2. The highest BCUT2D eigenvalue weighted by Gasteiger charge is 2.26. The first-order valence-corrected chi connectivity index (χ1v) is 10.2. The number of aliphatic hydroxyl groups excluding tert-OH is 1. The summed E-state index contributed by atoms with van der Waals surface area (Å²) in [6.07, 6.45) is 2.85. The van der Waals surface area contributed by atoms with E-state index in [-0.39, 0.29) is 35.3 Å². The minimum absolute atomic E-state index is 0.0433. The van der Waals surface area contributed by atoms with Crippen LogP contribution in [-0.2, 0) is 0 Å². The van der Waals surface area contributed by atoms with Crippen molar-refractivity contribution in [1.82, 2.24) is 0 Å². The zero-order valence-corrected chi connectivity index (χ0v) is 17.2. The maximum Gasteiger partial charge on any atom is 0.200 e. The average Bonchev–Trinajstić information content (AvgIpc) is 2.76. The Kier molecular flexibility index (Phi) is 7.40. The molecule has 0 heterocycles. The number of hydrogen-bond acceptors (Lipinski definition) is 2. The van der Waals surface area contributed by atoms with Crippen LogP contribution in [0.5, 0.6) is 5.75 Å². The van der Waals surface area contributed by atoms with Crippen molar-refractivity contribution in [3.8, 4) is 17.6 Å². The van der Waals surface area contributed by atoms with Crippen molar-refractivity contribution in [2.45, 2.75) is 44.6 Å². The van der Waals surface area contributed by atoms with Crippen LogP contribution in [0.2, 0.25) is 0 Å². The molecule has 1 N–H and O–H groups in total. The van der Waals surface area contributed by atoms with E-state index in [2.05, 4.69) is 18.4 Å². The number of halogens is 4. The van der Waals surface area contributed by atoms with Crippen LogP contribution in [0.25, 0.3) is 0 Å². The van der Waals surface area contributed by atoms with Crippen LogP contribution in [0.1, 0.15) is 61.3 Å². The van der Waals surface area contributed by atoms with Crippen LogP contribution in [0, 0.1) is 41.0 Å². The van der Waals surface area contributed by atoms with E-state index >= 15 is 0 Å². The van der Waals surface area contributed by atoms with Crippen molar-refractivity contribution in [3.63, 3.8) is 0 Å². The molecule has 0 amide bonds. The molecule has 1 atom stereocenters. The third kappa shape index (κ3) is 5.11. The van der Waals surface area contributed by atoms with Gasteiger partial charge in [0.15, 0.2) is 23.2 Å². The number of hydrogen-bond donors (Lipinski definition) is 1. The van der Waals surface area contributed by atoms with Gasteiger partial charge in [0.25, 0.3) is 0 Å². The Bertz CT molecular complexity index is 1010. The van der Waals surface area contributed by atoms with Crippen molar-refractivity contribution in [1.29, 1.82) is 0 Å². The molecule has 0 aromatic heterocycles. The van der Waals surface area contributed by atoms with Crippen LogP contribution < -0.4 is 4.74 Å². The van der Waals surface area contributed by atoms with Crippen molar-refractivity contribution in [3.05, 3.63) is 76.9 Å². The van der Waals surface area contributed by atoms with E-state index in [4.69, 9.17) is 4.74 Å². The second-order valence-corrected chi connectivity index (χ2v) is 7.70. The van der Waals surface area contributed by atoms with Crippen LogP contribution in [0.4, 0.5) is 17.6 Å². The van der Waals surface area contributed by atoms with Gasteiger partial charge in [-0.25, -0.2) is 13.2 Å². The van der Waals surface area contributed by atoms with Gasteiger partial charge in [0.1, 0.15) is 6.61 Å². The molecule has 3 rings (SSSR count).